The second kappa shape index (κ2) is 5.25. The van der Waals surface area contributed by atoms with Gasteiger partial charge in [0.05, 0.1) is 11.4 Å². The Kier molecular flexibility index (Phi) is 3.70. The van der Waals surface area contributed by atoms with E-state index >= 15 is 0 Å². The molecular weight excluding hydrogens is 222 g/mol. The van der Waals surface area contributed by atoms with Gasteiger partial charge in [-0.1, -0.05) is 26.8 Å². The lowest BCUT2D eigenvalue weighted by Gasteiger charge is -2.09. The summed E-state index contributed by atoms with van der Waals surface area (Å²) in [5.41, 5.74) is 3.94. The molecule has 0 bridgehead atoms. The van der Waals surface area contributed by atoms with E-state index in [-0.39, 0.29) is 0 Å². The molecule has 0 unspecified atom stereocenters. The highest BCUT2D eigenvalue weighted by Gasteiger charge is 2.09. The van der Waals surface area contributed by atoms with E-state index in [9.17, 15) is 0 Å². The highest BCUT2D eigenvalue weighted by atomic mass is 14.9. The molecule has 2 aromatic rings. The Hall–Kier alpha value is -1.77. The molecule has 2 aromatic heterocycles. The van der Waals surface area contributed by atoms with Crippen LogP contribution in [0.5, 0.6) is 0 Å². The van der Waals surface area contributed by atoms with Crippen LogP contribution in [-0.4, -0.2) is 15.0 Å². The first kappa shape index (κ1) is 12.7. The van der Waals surface area contributed by atoms with Gasteiger partial charge in [-0.05, 0) is 31.0 Å². The van der Waals surface area contributed by atoms with Crippen LogP contribution in [-0.2, 0) is 6.42 Å². The summed E-state index contributed by atoms with van der Waals surface area (Å²) in [4.78, 5) is 13.7. The number of rotatable bonds is 3. The van der Waals surface area contributed by atoms with Crippen LogP contribution >= 0.6 is 0 Å². The fourth-order valence-electron chi connectivity index (χ4n) is 1.79. The van der Waals surface area contributed by atoms with Gasteiger partial charge < -0.3 is 0 Å². The number of hydrogen-bond acceptors (Lipinski definition) is 3. The third kappa shape index (κ3) is 2.73. The van der Waals surface area contributed by atoms with Crippen molar-refractivity contribution in [3.63, 3.8) is 0 Å². The lowest BCUT2D eigenvalue weighted by molar-refractivity contribution is 0.787. The van der Waals surface area contributed by atoms with Gasteiger partial charge >= 0.3 is 0 Å². The van der Waals surface area contributed by atoms with Crippen molar-refractivity contribution in [2.24, 2.45) is 0 Å². The van der Waals surface area contributed by atoms with E-state index in [0.717, 1.165) is 35.0 Å². The van der Waals surface area contributed by atoms with Crippen molar-refractivity contribution >= 4 is 0 Å². The molecule has 0 atom stereocenters. The Bertz CT molecular complexity index is 547. The van der Waals surface area contributed by atoms with Crippen LogP contribution in [0.25, 0.3) is 11.4 Å². The minimum Gasteiger partial charge on any atom is -0.251 e. The highest BCUT2D eigenvalue weighted by molar-refractivity contribution is 5.54. The predicted octanol–water partition coefficient (Wildman–Crippen LogP) is 3.53. The maximum absolute atomic E-state index is 4.57. The maximum atomic E-state index is 4.57. The van der Waals surface area contributed by atoms with E-state index in [1.54, 1.807) is 0 Å². The lowest BCUT2D eigenvalue weighted by Crippen LogP contribution is -2.02. The van der Waals surface area contributed by atoms with Crippen LogP contribution in [0.15, 0.2) is 24.3 Å². The first-order chi connectivity index (χ1) is 8.60. The molecule has 0 N–H and O–H groups in total. The van der Waals surface area contributed by atoms with E-state index in [1.165, 1.54) is 0 Å². The van der Waals surface area contributed by atoms with Crippen LogP contribution < -0.4 is 0 Å². The SMILES string of the molecule is CCc1nc(-c2cccc(C)n2)cc(C(C)C)n1. The zero-order valence-electron chi connectivity index (χ0n) is 11.4. The van der Waals surface area contributed by atoms with E-state index < -0.39 is 0 Å². The lowest BCUT2D eigenvalue weighted by atomic mass is 10.1. The van der Waals surface area contributed by atoms with Gasteiger partial charge in [0.25, 0.3) is 0 Å². The molecular formula is C15H19N3. The largest absolute Gasteiger partial charge is 0.251 e. The number of aromatic nitrogens is 3. The summed E-state index contributed by atoms with van der Waals surface area (Å²) < 4.78 is 0. The molecule has 0 aliphatic carbocycles. The van der Waals surface area contributed by atoms with Gasteiger partial charge in [0, 0.05) is 17.8 Å². The fourth-order valence-corrected chi connectivity index (χ4v) is 1.79. The molecule has 18 heavy (non-hydrogen) atoms. The molecule has 0 saturated carbocycles. The third-order valence-electron chi connectivity index (χ3n) is 2.85. The smallest absolute Gasteiger partial charge is 0.129 e. The number of aryl methyl sites for hydroxylation is 2. The summed E-state index contributed by atoms with van der Waals surface area (Å²) in [5, 5.41) is 0. The molecule has 0 aliphatic heterocycles. The van der Waals surface area contributed by atoms with Crippen molar-refractivity contribution in [3.8, 4) is 11.4 Å². The average Bonchev–Trinajstić information content (AvgIpc) is 2.38. The van der Waals surface area contributed by atoms with Crippen LogP contribution in [0.1, 0.15) is 43.9 Å². The van der Waals surface area contributed by atoms with Crippen molar-refractivity contribution in [2.45, 2.75) is 40.0 Å². The summed E-state index contributed by atoms with van der Waals surface area (Å²) >= 11 is 0. The van der Waals surface area contributed by atoms with Gasteiger partial charge in [0.2, 0.25) is 0 Å². The molecule has 0 fully saturated rings. The molecule has 0 aliphatic rings. The van der Waals surface area contributed by atoms with Crippen molar-refractivity contribution < 1.29 is 0 Å². The molecule has 3 heteroatoms. The van der Waals surface area contributed by atoms with Crippen LogP contribution in [0, 0.1) is 6.92 Å². The second-order valence-corrected chi connectivity index (χ2v) is 4.77. The fraction of sp³-hybridized carbons (Fsp3) is 0.400. The predicted molar refractivity (Wildman–Crippen MR) is 73.5 cm³/mol. The zero-order chi connectivity index (χ0) is 13.1. The second-order valence-electron chi connectivity index (χ2n) is 4.77. The molecule has 0 amide bonds. The zero-order valence-corrected chi connectivity index (χ0v) is 11.4. The van der Waals surface area contributed by atoms with Crippen molar-refractivity contribution in [3.05, 3.63) is 41.5 Å². The Morgan fingerprint density at radius 3 is 2.44 bits per heavy atom. The quantitative estimate of drug-likeness (QED) is 0.825. The summed E-state index contributed by atoms with van der Waals surface area (Å²) in [7, 11) is 0. The Morgan fingerprint density at radius 1 is 1.06 bits per heavy atom. The van der Waals surface area contributed by atoms with Gasteiger partial charge in [-0.15, -0.1) is 0 Å². The summed E-state index contributed by atoms with van der Waals surface area (Å²) in [6.45, 7) is 8.37. The van der Waals surface area contributed by atoms with E-state index in [4.69, 9.17) is 0 Å². The molecule has 0 radical (unpaired) electrons. The maximum Gasteiger partial charge on any atom is 0.129 e. The van der Waals surface area contributed by atoms with Gasteiger partial charge in [-0.25, -0.2) is 9.97 Å². The normalized spacial score (nSPS) is 10.9. The molecule has 2 rings (SSSR count). The molecule has 0 spiro atoms. The van der Waals surface area contributed by atoms with Crippen LogP contribution in [0.2, 0.25) is 0 Å². The topological polar surface area (TPSA) is 38.7 Å². The van der Waals surface area contributed by atoms with Crippen LogP contribution in [0.3, 0.4) is 0 Å². The summed E-state index contributed by atoms with van der Waals surface area (Å²) in [6, 6.07) is 8.06. The van der Waals surface area contributed by atoms with E-state index in [2.05, 4.69) is 35.7 Å². The first-order valence-electron chi connectivity index (χ1n) is 6.42. The molecule has 0 aromatic carbocycles. The van der Waals surface area contributed by atoms with Crippen LogP contribution in [0.4, 0.5) is 0 Å². The minimum absolute atomic E-state index is 0.404. The summed E-state index contributed by atoms with van der Waals surface area (Å²) in [6.07, 6.45) is 0.847. The van der Waals surface area contributed by atoms with E-state index in [0.29, 0.717) is 5.92 Å². The molecule has 0 saturated heterocycles. The van der Waals surface area contributed by atoms with Crippen molar-refractivity contribution in [1.82, 2.24) is 15.0 Å². The minimum atomic E-state index is 0.404. The standard InChI is InChI=1S/C15H19N3/c1-5-15-17-13(10(2)3)9-14(18-15)12-8-6-7-11(4)16-12/h6-10H,5H2,1-4H3. The number of pyridine rings is 1. The van der Waals surface area contributed by atoms with Gasteiger partial charge in [0.1, 0.15) is 5.82 Å². The number of nitrogens with zero attached hydrogens (tertiary/aromatic N) is 3. The molecule has 2 heterocycles. The average molecular weight is 241 g/mol. The Labute approximate surface area is 108 Å². The Morgan fingerprint density at radius 2 is 1.83 bits per heavy atom. The first-order valence-corrected chi connectivity index (χ1v) is 6.42. The number of hydrogen-bond donors (Lipinski definition) is 0. The Balaban J connectivity index is 2.53. The van der Waals surface area contributed by atoms with Crippen molar-refractivity contribution in [2.75, 3.05) is 0 Å². The highest BCUT2D eigenvalue weighted by Crippen LogP contribution is 2.20. The van der Waals surface area contributed by atoms with Crippen molar-refractivity contribution in [1.29, 1.82) is 0 Å². The third-order valence-corrected chi connectivity index (χ3v) is 2.85. The molecule has 94 valence electrons. The summed E-state index contributed by atoms with van der Waals surface area (Å²) in [5.74, 6) is 1.29. The van der Waals surface area contributed by atoms with Gasteiger partial charge in [-0.2, -0.15) is 0 Å². The molecule has 3 nitrogen and oxygen atoms in total. The van der Waals surface area contributed by atoms with Gasteiger partial charge in [0.15, 0.2) is 0 Å². The van der Waals surface area contributed by atoms with Gasteiger partial charge in [-0.3, -0.25) is 4.98 Å². The monoisotopic (exact) mass is 241 g/mol. The van der Waals surface area contributed by atoms with E-state index in [1.807, 2.05) is 31.2 Å².